The third kappa shape index (κ3) is 1.46. The Bertz CT molecular complexity index is 544. The molecule has 0 bridgehead atoms. The fraction of sp³-hybridized carbons (Fsp3) is 0.500. The minimum Gasteiger partial charge on any atom is -0.428 e. The van der Waals surface area contributed by atoms with Crippen molar-refractivity contribution in [1.82, 2.24) is 0 Å². The maximum atomic E-state index is 11.9. The second kappa shape index (κ2) is 3.51. The zero-order chi connectivity index (χ0) is 12.2. The number of rotatable bonds is 2. The van der Waals surface area contributed by atoms with Crippen LogP contribution in [0.3, 0.4) is 0 Å². The Kier molecular flexibility index (Phi) is 2.21. The molecule has 0 amide bonds. The van der Waals surface area contributed by atoms with Crippen LogP contribution in [0.2, 0.25) is 0 Å². The van der Waals surface area contributed by atoms with Crippen LogP contribution in [0, 0.1) is 0 Å². The molecule has 1 fully saturated rings. The van der Waals surface area contributed by atoms with Crippen LogP contribution in [0.1, 0.15) is 41.1 Å². The highest BCUT2D eigenvalue weighted by atomic mass is 16.6. The van der Waals surface area contributed by atoms with Crippen LogP contribution < -0.4 is 5.63 Å². The predicted molar refractivity (Wildman–Crippen MR) is 56.9 cm³/mol. The Hall–Kier alpha value is -1.46. The molecule has 1 saturated heterocycles. The van der Waals surface area contributed by atoms with Gasteiger partial charge >= 0.3 is 5.63 Å². The molecule has 90 valence electrons. The Labute approximate surface area is 97.0 Å². The fourth-order valence-electron chi connectivity index (χ4n) is 2.30. The summed E-state index contributed by atoms with van der Waals surface area (Å²) in [7, 11) is 0. The van der Waals surface area contributed by atoms with Gasteiger partial charge in [-0.3, -0.25) is 4.79 Å². The van der Waals surface area contributed by atoms with Crippen molar-refractivity contribution in [3.63, 3.8) is 0 Å². The molecule has 1 aliphatic carbocycles. The van der Waals surface area contributed by atoms with Gasteiger partial charge in [-0.05, 0) is 12.5 Å². The highest BCUT2D eigenvalue weighted by Crippen LogP contribution is 2.41. The molecule has 3 atom stereocenters. The van der Waals surface area contributed by atoms with Crippen molar-refractivity contribution in [2.24, 2.45) is 0 Å². The maximum Gasteiger partial charge on any atom is 0.342 e. The number of Topliss-reactive ketones (excluding diaryl/α,β-unsaturated/α-hetero) is 1. The van der Waals surface area contributed by atoms with E-state index in [1.807, 2.05) is 6.92 Å². The van der Waals surface area contributed by atoms with E-state index in [4.69, 9.17) is 9.15 Å². The van der Waals surface area contributed by atoms with Crippen LogP contribution in [0.15, 0.2) is 15.3 Å². The van der Waals surface area contributed by atoms with E-state index in [-0.39, 0.29) is 16.9 Å². The van der Waals surface area contributed by atoms with Gasteiger partial charge in [0.25, 0.3) is 0 Å². The van der Waals surface area contributed by atoms with E-state index in [1.165, 1.54) is 0 Å². The summed E-state index contributed by atoms with van der Waals surface area (Å²) < 4.78 is 10.1. The lowest BCUT2D eigenvalue weighted by Gasteiger charge is -2.15. The number of ketones is 1. The number of aryl methyl sites for hydroxylation is 1. The number of aliphatic hydroxyl groups excluding tert-OH is 1. The Balaban J connectivity index is 2.16. The molecular weight excluding hydrogens is 224 g/mol. The van der Waals surface area contributed by atoms with Crippen molar-refractivity contribution in [1.29, 1.82) is 0 Å². The summed E-state index contributed by atoms with van der Waals surface area (Å²) in [6, 6.07) is 1.56. The first-order valence-corrected chi connectivity index (χ1v) is 5.68. The van der Waals surface area contributed by atoms with E-state index >= 15 is 0 Å². The summed E-state index contributed by atoms with van der Waals surface area (Å²) in [5.41, 5.74) is -0.315. The van der Waals surface area contributed by atoms with Crippen LogP contribution >= 0.6 is 0 Å². The maximum absolute atomic E-state index is 11.9. The minimum absolute atomic E-state index is 0.0496. The average Bonchev–Trinajstić information content (AvgIpc) is 3.06. The molecule has 0 aromatic carbocycles. The SMILES string of the molecule is CCCc1cc2c(c(=O)o1)C(O)C1OC1C2=O. The van der Waals surface area contributed by atoms with Crippen LogP contribution in [0.25, 0.3) is 0 Å². The van der Waals surface area contributed by atoms with Gasteiger partial charge in [-0.2, -0.15) is 0 Å². The molecule has 1 aromatic rings. The Morgan fingerprint density at radius 2 is 2.18 bits per heavy atom. The Morgan fingerprint density at radius 1 is 1.41 bits per heavy atom. The van der Waals surface area contributed by atoms with E-state index in [0.29, 0.717) is 12.2 Å². The monoisotopic (exact) mass is 236 g/mol. The van der Waals surface area contributed by atoms with E-state index in [1.54, 1.807) is 6.07 Å². The van der Waals surface area contributed by atoms with Gasteiger partial charge in [0.1, 0.15) is 24.1 Å². The highest BCUT2D eigenvalue weighted by molar-refractivity contribution is 6.04. The number of ether oxygens (including phenoxy) is 1. The molecule has 0 radical (unpaired) electrons. The van der Waals surface area contributed by atoms with Gasteiger partial charge in [0, 0.05) is 12.0 Å². The van der Waals surface area contributed by atoms with Gasteiger partial charge in [0.05, 0.1) is 5.56 Å². The summed E-state index contributed by atoms with van der Waals surface area (Å²) in [6.45, 7) is 1.95. The molecule has 0 spiro atoms. The van der Waals surface area contributed by atoms with Crippen LogP contribution in [0.5, 0.6) is 0 Å². The van der Waals surface area contributed by atoms with Gasteiger partial charge in [0.2, 0.25) is 0 Å². The summed E-state index contributed by atoms with van der Waals surface area (Å²) >= 11 is 0. The summed E-state index contributed by atoms with van der Waals surface area (Å²) in [6.07, 6.45) is -0.759. The lowest BCUT2D eigenvalue weighted by molar-refractivity contribution is 0.0936. The predicted octanol–water partition coefficient (Wildman–Crippen LogP) is 0.589. The number of hydrogen-bond donors (Lipinski definition) is 1. The molecule has 17 heavy (non-hydrogen) atoms. The first kappa shape index (κ1) is 10.7. The number of aliphatic hydroxyl groups is 1. The van der Waals surface area contributed by atoms with Gasteiger partial charge in [0.15, 0.2) is 5.78 Å². The van der Waals surface area contributed by atoms with E-state index in [2.05, 4.69) is 0 Å². The summed E-state index contributed by atoms with van der Waals surface area (Å²) in [5.74, 6) is 0.261. The molecule has 2 aliphatic rings. The number of carbonyl (C=O) groups excluding carboxylic acids is 1. The zero-order valence-corrected chi connectivity index (χ0v) is 9.30. The van der Waals surface area contributed by atoms with Crippen molar-refractivity contribution in [3.05, 3.63) is 33.4 Å². The summed E-state index contributed by atoms with van der Waals surface area (Å²) in [4.78, 5) is 23.6. The van der Waals surface area contributed by atoms with E-state index < -0.39 is 23.9 Å². The van der Waals surface area contributed by atoms with Gasteiger partial charge in [-0.1, -0.05) is 6.92 Å². The lowest BCUT2D eigenvalue weighted by atomic mass is 9.89. The quantitative estimate of drug-likeness (QED) is 0.760. The normalized spacial score (nSPS) is 29.8. The zero-order valence-electron chi connectivity index (χ0n) is 9.30. The second-order valence-corrected chi connectivity index (χ2v) is 4.41. The first-order valence-electron chi connectivity index (χ1n) is 5.68. The molecule has 5 nitrogen and oxygen atoms in total. The first-order chi connectivity index (χ1) is 8.13. The number of epoxide rings is 1. The van der Waals surface area contributed by atoms with Crippen molar-refractivity contribution < 1.29 is 19.1 Å². The van der Waals surface area contributed by atoms with Crippen molar-refractivity contribution in [3.8, 4) is 0 Å². The van der Waals surface area contributed by atoms with Gasteiger partial charge < -0.3 is 14.3 Å². The van der Waals surface area contributed by atoms with Crippen molar-refractivity contribution >= 4 is 5.78 Å². The molecule has 3 unspecified atom stereocenters. The van der Waals surface area contributed by atoms with Gasteiger partial charge in [-0.25, -0.2) is 4.79 Å². The smallest absolute Gasteiger partial charge is 0.342 e. The molecule has 1 aromatic heterocycles. The van der Waals surface area contributed by atoms with E-state index in [0.717, 1.165) is 6.42 Å². The van der Waals surface area contributed by atoms with Crippen LogP contribution in [-0.2, 0) is 11.2 Å². The minimum atomic E-state index is -1.04. The third-order valence-corrected chi connectivity index (χ3v) is 3.19. The molecule has 3 rings (SSSR count). The topological polar surface area (TPSA) is 80.0 Å². The molecule has 1 N–H and O–H groups in total. The third-order valence-electron chi connectivity index (χ3n) is 3.19. The largest absolute Gasteiger partial charge is 0.428 e. The molecular formula is C12H12O5. The Morgan fingerprint density at radius 3 is 2.88 bits per heavy atom. The standard InChI is InChI=1S/C12H12O5/c1-2-3-5-4-6-7(12(15)16-5)9(14)11-10(17-11)8(6)13/h4,9-11,14H,2-3H2,1H3. The van der Waals surface area contributed by atoms with Crippen LogP contribution in [-0.4, -0.2) is 23.1 Å². The molecule has 0 saturated carbocycles. The van der Waals surface area contributed by atoms with Gasteiger partial charge in [-0.15, -0.1) is 0 Å². The molecule has 5 heteroatoms. The number of carbonyl (C=O) groups is 1. The number of hydrogen-bond acceptors (Lipinski definition) is 5. The second-order valence-electron chi connectivity index (χ2n) is 4.41. The van der Waals surface area contributed by atoms with Crippen LogP contribution in [0.4, 0.5) is 0 Å². The fourth-order valence-corrected chi connectivity index (χ4v) is 2.30. The molecule has 1 aliphatic heterocycles. The number of fused-ring (bicyclic) bond motifs is 2. The van der Waals surface area contributed by atoms with Crippen molar-refractivity contribution in [2.45, 2.75) is 38.1 Å². The lowest BCUT2D eigenvalue weighted by Crippen LogP contribution is -2.30. The van der Waals surface area contributed by atoms with Crippen molar-refractivity contribution in [2.75, 3.05) is 0 Å². The van der Waals surface area contributed by atoms with E-state index in [9.17, 15) is 14.7 Å². The molecule has 2 heterocycles. The highest BCUT2D eigenvalue weighted by Gasteiger charge is 2.56. The summed E-state index contributed by atoms with van der Waals surface area (Å²) in [5, 5.41) is 9.85. The average molecular weight is 236 g/mol.